The summed E-state index contributed by atoms with van der Waals surface area (Å²) in [5.41, 5.74) is 2.18. The van der Waals surface area contributed by atoms with Crippen LogP contribution in [0.15, 0.2) is 24.3 Å². The Morgan fingerprint density at radius 1 is 1.31 bits per heavy atom. The molecular weight excluding hydrogens is 200 g/mol. The molecule has 1 aliphatic heterocycles. The van der Waals surface area contributed by atoms with E-state index in [0.29, 0.717) is 12.6 Å². The number of fused-ring (bicyclic) bond motifs is 1. The van der Waals surface area contributed by atoms with E-state index in [1.165, 1.54) is 5.69 Å². The molecule has 3 heteroatoms. The highest BCUT2D eigenvalue weighted by molar-refractivity contribution is 6.02. The Balaban J connectivity index is 2.44. The highest BCUT2D eigenvalue weighted by Crippen LogP contribution is 2.33. The third kappa shape index (κ3) is 1.66. The van der Waals surface area contributed by atoms with Crippen molar-refractivity contribution in [2.75, 3.05) is 23.4 Å². The van der Waals surface area contributed by atoms with Crippen LogP contribution < -0.4 is 9.80 Å². The van der Waals surface area contributed by atoms with Crippen LogP contribution in [-0.2, 0) is 4.79 Å². The quantitative estimate of drug-likeness (QED) is 0.760. The molecule has 1 aromatic rings. The molecule has 1 unspecified atom stereocenters. The van der Waals surface area contributed by atoms with Crippen LogP contribution >= 0.6 is 0 Å². The van der Waals surface area contributed by atoms with E-state index >= 15 is 0 Å². The molecule has 3 nitrogen and oxygen atoms in total. The largest absolute Gasteiger partial charge is 0.358 e. The minimum Gasteiger partial charge on any atom is -0.358 e. The van der Waals surface area contributed by atoms with Gasteiger partial charge in [-0.25, -0.2) is 0 Å². The summed E-state index contributed by atoms with van der Waals surface area (Å²) in [6.45, 7) is 4.80. The molecule has 16 heavy (non-hydrogen) atoms. The first-order valence-corrected chi connectivity index (χ1v) is 5.77. The van der Waals surface area contributed by atoms with Gasteiger partial charge in [0, 0.05) is 13.1 Å². The van der Waals surface area contributed by atoms with Crippen LogP contribution in [0.1, 0.15) is 20.3 Å². The molecule has 2 rings (SSSR count). The third-order valence-corrected chi connectivity index (χ3v) is 3.36. The highest BCUT2D eigenvalue weighted by Gasteiger charge is 2.28. The molecule has 0 radical (unpaired) electrons. The molecule has 0 N–H and O–H groups in total. The lowest BCUT2D eigenvalue weighted by Crippen LogP contribution is -2.47. The number of carbonyl (C=O) groups is 1. The number of amides is 1. The van der Waals surface area contributed by atoms with Gasteiger partial charge in [-0.05, 0) is 25.5 Å². The summed E-state index contributed by atoms with van der Waals surface area (Å²) in [5.74, 6) is 0.166. The zero-order chi connectivity index (χ0) is 11.7. The second-order valence-electron chi connectivity index (χ2n) is 4.33. The van der Waals surface area contributed by atoms with Crippen molar-refractivity contribution in [1.29, 1.82) is 0 Å². The molecule has 0 spiro atoms. The Morgan fingerprint density at radius 2 is 1.94 bits per heavy atom. The van der Waals surface area contributed by atoms with E-state index in [1.807, 2.05) is 25.2 Å². The number of likely N-dealkylation sites (N-methyl/N-ethyl adjacent to an activating group) is 1. The molecule has 0 aromatic heterocycles. The molecule has 0 bridgehead atoms. The Kier molecular flexibility index (Phi) is 2.86. The summed E-state index contributed by atoms with van der Waals surface area (Å²) in [5, 5.41) is 0. The zero-order valence-corrected chi connectivity index (χ0v) is 10.1. The molecule has 0 saturated carbocycles. The van der Waals surface area contributed by atoms with E-state index in [0.717, 1.165) is 12.1 Å². The van der Waals surface area contributed by atoms with Crippen molar-refractivity contribution in [3.63, 3.8) is 0 Å². The number of carbonyl (C=O) groups excluding carboxylic acids is 1. The van der Waals surface area contributed by atoms with Gasteiger partial charge in [-0.1, -0.05) is 19.1 Å². The Labute approximate surface area is 96.7 Å². The minimum absolute atomic E-state index is 0.166. The summed E-state index contributed by atoms with van der Waals surface area (Å²) in [6, 6.07) is 8.49. The van der Waals surface area contributed by atoms with Gasteiger partial charge in [-0.3, -0.25) is 4.79 Å². The lowest BCUT2D eigenvalue weighted by atomic mass is 10.1. The van der Waals surface area contributed by atoms with Gasteiger partial charge in [0.25, 0.3) is 0 Å². The van der Waals surface area contributed by atoms with Crippen LogP contribution in [0.3, 0.4) is 0 Å². The number of anilines is 2. The second kappa shape index (κ2) is 4.16. The van der Waals surface area contributed by atoms with Gasteiger partial charge in [0.05, 0.1) is 17.9 Å². The standard InChI is InChI=1S/C13H18N2O/c1-4-10(2)15-9-13(16)14(3)11-7-5-6-8-12(11)15/h5-8,10H,4,9H2,1-3H3. The van der Waals surface area contributed by atoms with Gasteiger partial charge in [-0.2, -0.15) is 0 Å². The fourth-order valence-electron chi connectivity index (χ4n) is 2.08. The van der Waals surface area contributed by atoms with Crippen molar-refractivity contribution in [2.24, 2.45) is 0 Å². The van der Waals surface area contributed by atoms with E-state index in [2.05, 4.69) is 24.8 Å². The topological polar surface area (TPSA) is 23.6 Å². The molecule has 0 fully saturated rings. The van der Waals surface area contributed by atoms with Crippen LogP contribution in [0.25, 0.3) is 0 Å². The van der Waals surface area contributed by atoms with E-state index in [9.17, 15) is 4.79 Å². The van der Waals surface area contributed by atoms with E-state index < -0.39 is 0 Å². The van der Waals surface area contributed by atoms with Crippen LogP contribution in [0.2, 0.25) is 0 Å². The van der Waals surface area contributed by atoms with E-state index in [-0.39, 0.29) is 5.91 Å². The molecule has 1 aromatic carbocycles. The Bertz CT molecular complexity index is 403. The smallest absolute Gasteiger partial charge is 0.246 e. The normalized spacial score (nSPS) is 17.3. The molecular formula is C13H18N2O. The summed E-state index contributed by atoms with van der Waals surface area (Å²) < 4.78 is 0. The number of nitrogens with zero attached hydrogens (tertiary/aromatic N) is 2. The SMILES string of the molecule is CCC(C)N1CC(=O)N(C)c2ccccc21. The lowest BCUT2D eigenvalue weighted by molar-refractivity contribution is -0.117. The Morgan fingerprint density at radius 3 is 2.56 bits per heavy atom. The van der Waals surface area contributed by atoms with Crippen molar-refractivity contribution in [2.45, 2.75) is 26.3 Å². The van der Waals surface area contributed by atoms with Gasteiger partial charge in [0.15, 0.2) is 0 Å². The number of rotatable bonds is 2. The summed E-state index contributed by atoms with van der Waals surface area (Å²) in [7, 11) is 1.84. The fraction of sp³-hybridized carbons (Fsp3) is 0.462. The summed E-state index contributed by atoms with van der Waals surface area (Å²) in [6.07, 6.45) is 1.05. The molecule has 0 aliphatic carbocycles. The number of benzene rings is 1. The second-order valence-corrected chi connectivity index (χ2v) is 4.33. The van der Waals surface area contributed by atoms with Crippen LogP contribution in [-0.4, -0.2) is 25.5 Å². The highest BCUT2D eigenvalue weighted by atomic mass is 16.2. The van der Waals surface area contributed by atoms with Gasteiger partial charge in [-0.15, -0.1) is 0 Å². The predicted molar refractivity (Wildman–Crippen MR) is 67.0 cm³/mol. The summed E-state index contributed by atoms with van der Waals surface area (Å²) in [4.78, 5) is 15.8. The first kappa shape index (κ1) is 11.0. The van der Waals surface area contributed by atoms with Crippen LogP contribution in [0.4, 0.5) is 11.4 Å². The first-order valence-electron chi connectivity index (χ1n) is 5.77. The zero-order valence-electron chi connectivity index (χ0n) is 10.1. The first-order chi connectivity index (χ1) is 7.65. The Hall–Kier alpha value is -1.51. The summed E-state index contributed by atoms with van der Waals surface area (Å²) >= 11 is 0. The average Bonchev–Trinajstić information content (AvgIpc) is 2.33. The fourth-order valence-corrected chi connectivity index (χ4v) is 2.08. The minimum atomic E-state index is 0.166. The monoisotopic (exact) mass is 218 g/mol. The molecule has 1 atom stereocenters. The van der Waals surface area contributed by atoms with Gasteiger partial charge in [0.2, 0.25) is 5.91 Å². The van der Waals surface area contributed by atoms with E-state index in [4.69, 9.17) is 0 Å². The van der Waals surface area contributed by atoms with Gasteiger partial charge < -0.3 is 9.80 Å². The molecule has 0 saturated heterocycles. The van der Waals surface area contributed by atoms with Crippen molar-refractivity contribution in [3.05, 3.63) is 24.3 Å². The lowest BCUT2D eigenvalue weighted by Gasteiger charge is -2.38. The van der Waals surface area contributed by atoms with Crippen molar-refractivity contribution < 1.29 is 4.79 Å². The molecule has 1 amide bonds. The van der Waals surface area contributed by atoms with E-state index in [1.54, 1.807) is 4.90 Å². The van der Waals surface area contributed by atoms with Crippen molar-refractivity contribution in [1.82, 2.24) is 0 Å². The van der Waals surface area contributed by atoms with Crippen molar-refractivity contribution in [3.8, 4) is 0 Å². The van der Waals surface area contributed by atoms with Crippen molar-refractivity contribution >= 4 is 17.3 Å². The number of para-hydroxylation sites is 2. The van der Waals surface area contributed by atoms with Gasteiger partial charge in [0.1, 0.15) is 0 Å². The maximum Gasteiger partial charge on any atom is 0.246 e. The third-order valence-electron chi connectivity index (χ3n) is 3.36. The van der Waals surface area contributed by atoms with Crippen LogP contribution in [0.5, 0.6) is 0 Å². The maximum absolute atomic E-state index is 11.9. The van der Waals surface area contributed by atoms with Gasteiger partial charge >= 0.3 is 0 Å². The number of hydrogen-bond donors (Lipinski definition) is 0. The average molecular weight is 218 g/mol. The predicted octanol–water partition coefficient (Wildman–Crippen LogP) is 2.27. The maximum atomic E-state index is 11.9. The molecule has 1 heterocycles. The van der Waals surface area contributed by atoms with Crippen LogP contribution in [0, 0.1) is 0 Å². The molecule has 86 valence electrons. The molecule has 1 aliphatic rings. The number of hydrogen-bond acceptors (Lipinski definition) is 2.